The summed E-state index contributed by atoms with van der Waals surface area (Å²) < 4.78 is 22.0. The van der Waals surface area contributed by atoms with Gasteiger partial charge in [0, 0.05) is 5.56 Å². The van der Waals surface area contributed by atoms with Gasteiger partial charge in [0.2, 0.25) is 0 Å². The van der Waals surface area contributed by atoms with Gasteiger partial charge in [-0.1, -0.05) is 0 Å². The molecule has 0 heterocycles. The summed E-state index contributed by atoms with van der Waals surface area (Å²) >= 11 is 0. The highest BCUT2D eigenvalue weighted by atomic mass is 16.5. The van der Waals surface area contributed by atoms with Gasteiger partial charge in [0.15, 0.2) is 0 Å². The number of benzene rings is 2. The monoisotopic (exact) mass is 316 g/mol. The molecule has 0 spiro atoms. The molecular formula is C18H20O5. The molecule has 0 aliphatic heterocycles. The average molecular weight is 316 g/mol. The number of ether oxygens (including phenoxy) is 4. The maximum atomic E-state index is 11.1. The molecule has 0 radical (unpaired) electrons. The van der Waals surface area contributed by atoms with E-state index in [0.717, 1.165) is 11.8 Å². The number of hydrogen-bond donors (Lipinski definition) is 0. The second kappa shape index (κ2) is 7.05. The van der Waals surface area contributed by atoms with Crippen LogP contribution < -0.4 is 18.9 Å². The van der Waals surface area contributed by atoms with Crippen molar-refractivity contribution in [1.82, 2.24) is 0 Å². The second-order valence-corrected chi connectivity index (χ2v) is 4.96. The van der Waals surface area contributed by atoms with Crippen LogP contribution in [0.1, 0.15) is 15.9 Å². The fourth-order valence-corrected chi connectivity index (χ4v) is 2.54. The van der Waals surface area contributed by atoms with Crippen LogP contribution >= 0.6 is 0 Å². The van der Waals surface area contributed by atoms with Crippen LogP contribution in [-0.4, -0.2) is 34.7 Å². The molecule has 5 nitrogen and oxygen atoms in total. The summed E-state index contributed by atoms with van der Waals surface area (Å²) in [6.45, 7) is 1.96. The Morgan fingerprint density at radius 2 is 1.04 bits per heavy atom. The number of rotatable bonds is 6. The van der Waals surface area contributed by atoms with E-state index in [1.165, 1.54) is 0 Å². The third-order valence-corrected chi connectivity index (χ3v) is 3.56. The van der Waals surface area contributed by atoms with Crippen LogP contribution in [0.5, 0.6) is 23.0 Å². The molecule has 2 rings (SSSR count). The molecule has 0 aliphatic carbocycles. The summed E-state index contributed by atoms with van der Waals surface area (Å²) in [4.78, 5) is 11.1. The average Bonchev–Trinajstić information content (AvgIpc) is 2.59. The topological polar surface area (TPSA) is 54.0 Å². The Labute approximate surface area is 135 Å². The SMILES string of the molecule is COc1cc(C)cc(OC)c1-c1c(OC)cc(C=O)cc1OC. The largest absolute Gasteiger partial charge is 0.496 e. The summed E-state index contributed by atoms with van der Waals surface area (Å²) in [7, 11) is 6.27. The molecule has 5 heteroatoms. The van der Waals surface area contributed by atoms with Crippen molar-refractivity contribution in [3.05, 3.63) is 35.4 Å². The Kier molecular flexibility index (Phi) is 5.11. The Balaban J connectivity index is 2.88. The maximum Gasteiger partial charge on any atom is 0.150 e. The highest BCUT2D eigenvalue weighted by molar-refractivity contribution is 5.89. The number of carbonyl (C=O) groups is 1. The van der Waals surface area contributed by atoms with Crippen LogP contribution in [0, 0.1) is 6.92 Å². The molecule has 0 aromatic heterocycles. The highest BCUT2D eigenvalue weighted by Crippen LogP contribution is 2.48. The van der Waals surface area contributed by atoms with E-state index < -0.39 is 0 Å². The van der Waals surface area contributed by atoms with Crippen LogP contribution in [0.4, 0.5) is 0 Å². The molecule has 23 heavy (non-hydrogen) atoms. The lowest BCUT2D eigenvalue weighted by molar-refractivity contribution is 0.112. The number of methoxy groups -OCH3 is 4. The van der Waals surface area contributed by atoms with Gasteiger partial charge in [-0.15, -0.1) is 0 Å². The minimum absolute atomic E-state index is 0.465. The number of carbonyl (C=O) groups excluding carboxylic acids is 1. The van der Waals surface area contributed by atoms with Gasteiger partial charge in [0.05, 0.1) is 39.6 Å². The van der Waals surface area contributed by atoms with E-state index in [1.807, 2.05) is 19.1 Å². The Morgan fingerprint density at radius 1 is 0.696 bits per heavy atom. The lowest BCUT2D eigenvalue weighted by atomic mass is 9.98. The molecule has 0 N–H and O–H groups in total. The quantitative estimate of drug-likeness (QED) is 0.763. The van der Waals surface area contributed by atoms with Gasteiger partial charge in [-0.3, -0.25) is 4.79 Å². The first-order chi connectivity index (χ1) is 11.1. The standard InChI is InChI=1S/C18H20O5/c1-11-6-13(20-2)17(14(7-11)21-3)18-15(22-4)8-12(10-19)9-16(18)23-5/h6-10H,1-5H3. The van der Waals surface area contributed by atoms with Crippen molar-refractivity contribution in [3.8, 4) is 34.1 Å². The third-order valence-electron chi connectivity index (χ3n) is 3.56. The van der Waals surface area contributed by atoms with E-state index >= 15 is 0 Å². The van der Waals surface area contributed by atoms with Gasteiger partial charge in [-0.25, -0.2) is 0 Å². The molecule has 122 valence electrons. The number of aryl methyl sites for hydroxylation is 1. The van der Waals surface area contributed by atoms with Crippen LogP contribution in [0.25, 0.3) is 11.1 Å². The van der Waals surface area contributed by atoms with Crippen LogP contribution in [0.15, 0.2) is 24.3 Å². The summed E-state index contributed by atoms with van der Waals surface area (Å²) in [6, 6.07) is 7.13. The molecule has 2 aromatic rings. The first kappa shape index (κ1) is 16.7. The maximum absolute atomic E-state index is 11.1. The minimum atomic E-state index is 0.465. The molecule has 0 saturated carbocycles. The molecule has 0 amide bonds. The minimum Gasteiger partial charge on any atom is -0.496 e. The summed E-state index contributed by atoms with van der Waals surface area (Å²) in [5.41, 5.74) is 2.86. The van der Waals surface area contributed by atoms with Gasteiger partial charge < -0.3 is 18.9 Å². The van der Waals surface area contributed by atoms with E-state index in [1.54, 1.807) is 40.6 Å². The van der Waals surface area contributed by atoms with Crippen LogP contribution in [0.3, 0.4) is 0 Å². The third kappa shape index (κ3) is 3.08. The van der Waals surface area contributed by atoms with E-state index in [2.05, 4.69) is 0 Å². The zero-order chi connectivity index (χ0) is 17.0. The Hall–Kier alpha value is -2.69. The van der Waals surface area contributed by atoms with Crippen molar-refractivity contribution in [2.45, 2.75) is 6.92 Å². The predicted molar refractivity (Wildman–Crippen MR) is 88.2 cm³/mol. The smallest absolute Gasteiger partial charge is 0.150 e. The Morgan fingerprint density at radius 3 is 1.35 bits per heavy atom. The molecule has 2 aromatic carbocycles. The summed E-state index contributed by atoms with van der Waals surface area (Å²) in [5.74, 6) is 2.29. The predicted octanol–water partition coefficient (Wildman–Crippen LogP) is 3.51. The Bertz CT molecular complexity index is 671. The summed E-state index contributed by atoms with van der Waals surface area (Å²) in [5, 5.41) is 0. The normalized spacial score (nSPS) is 10.1. The number of aldehydes is 1. The van der Waals surface area contributed by atoms with Crippen molar-refractivity contribution < 1.29 is 23.7 Å². The molecule has 0 aliphatic rings. The zero-order valence-electron chi connectivity index (χ0n) is 13.9. The van der Waals surface area contributed by atoms with Gasteiger partial charge in [0.1, 0.15) is 29.3 Å². The lowest BCUT2D eigenvalue weighted by Crippen LogP contribution is -2.00. The van der Waals surface area contributed by atoms with E-state index in [0.29, 0.717) is 39.7 Å². The van der Waals surface area contributed by atoms with E-state index in [-0.39, 0.29) is 0 Å². The second-order valence-electron chi connectivity index (χ2n) is 4.96. The van der Waals surface area contributed by atoms with Gasteiger partial charge in [0.25, 0.3) is 0 Å². The molecular weight excluding hydrogens is 296 g/mol. The van der Waals surface area contributed by atoms with Crippen molar-refractivity contribution >= 4 is 6.29 Å². The van der Waals surface area contributed by atoms with Gasteiger partial charge in [-0.2, -0.15) is 0 Å². The number of hydrogen-bond acceptors (Lipinski definition) is 5. The molecule has 0 bridgehead atoms. The molecule has 0 atom stereocenters. The first-order valence-electron chi connectivity index (χ1n) is 7.03. The van der Waals surface area contributed by atoms with Crippen molar-refractivity contribution in [3.63, 3.8) is 0 Å². The van der Waals surface area contributed by atoms with Crippen molar-refractivity contribution in [1.29, 1.82) is 0 Å². The van der Waals surface area contributed by atoms with Crippen LogP contribution in [0.2, 0.25) is 0 Å². The highest BCUT2D eigenvalue weighted by Gasteiger charge is 2.22. The fourth-order valence-electron chi connectivity index (χ4n) is 2.54. The van der Waals surface area contributed by atoms with Crippen LogP contribution in [-0.2, 0) is 0 Å². The van der Waals surface area contributed by atoms with Crippen molar-refractivity contribution in [2.24, 2.45) is 0 Å². The van der Waals surface area contributed by atoms with E-state index in [4.69, 9.17) is 18.9 Å². The lowest BCUT2D eigenvalue weighted by Gasteiger charge is -2.19. The zero-order valence-corrected chi connectivity index (χ0v) is 13.9. The summed E-state index contributed by atoms with van der Waals surface area (Å²) in [6.07, 6.45) is 0.748. The first-order valence-corrected chi connectivity index (χ1v) is 7.03. The van der Waals surface area contributed by atoms with E-state index in [9.17, 15) is 4.79 Å². The molecule has 0 unspecified atom stereocenters. The fraction of sp³-hybridized carbons (Fsp3) is 0.278. The molecule has 0 fully saturated rings. The van der Waals surface area contributed by atoms with Gasteiger partial charge >= 0.3 is 0 Å². The molecule has 0 saturated heterocycles. The van der Waals surface area contributed by atoms with Gasteiger partial charge in [-0.05, 0) is 36.8 Å². The van der Waals surface area contributed by atoms with Crippen molar-refractivity contribution in [2.75, 3.05) is 28.4 Å².